The van der Waals surface area contributed by atoms with Crippen LogP contribution in [-0.4, -0.2) is 31.9 Å². The standard InChI is InChI=1S/C27H28ClN3O5/c1-3-35-27(33)30-23(21-7-5-4-6-8-21)16-26(32)31-29-17-20-11-14-24(25(15-20)34-2)36-18-19-9-12-22(28)13-10-19/h4-15,17,23H,3,16,18H2,1-2H3,(H,30,33)(H,31,32)/b29-17-/t23-/m1/s1. The second-order valence-corrected chi connectivity index (χ2v) is 8.09. The van der Waals surface area contributed by atoms with Crippen LogP contribution in [-0.2, 0) is 16.1 Å². The molecule has 1 atom stereocenters. The molecule has 188 valence electrons. The number of alkyl carbamates (subject to hydrolysis) is 1. The molecule has 9 heteroatoms. The van der Waals surface area contributed by atoms with E-state index < -0.39 is 12.1 Å². The molecule has 0 aromatic heterocycles. The summed E-state index contributed by atoms with van der Waals surface area (Å²) in [6.07, 6.45) is 0.897. The van der Waals surface area contributed by atoms with Gasteiger partial charge in [-0.1, -0.05) is 54.1 Å². The van der Waals surface area contributed by atoms with Crippen molar-refractivity contribution < 1.29 is 23.8 Å². The number of methoxy groups -OCH3 is 1. The van der Waals surface area contributed by atoms with Gasteiger partial charge in [-0.3, -0.25) is 4.79 Å². The van der Waals surface area contributed by atoms with Crippen molar-refractivity contribution in [3.05, 3.63) is 94.5 Å². The summed E-state index contributed by atoms with van der Waals surface area (Å²) in [5.74, 6) is 0.734. The van der Waals surface area contributed by atoms with Crippen molar-refractivity contribution in [2.24, 2.45) is 5.10 Å². The zero-order valence-corrected chi connectivity index (χ0v) is 20.8. The summed E-state index contributed by atoms with van der Waals surface area (Å²) in [7, 11) is 1.55. The molecule has 0 saturated heterocycles. The molecule has 0 bridgehead atoms. The highest BCUT2D eigenvalue weighted by Crippen LogP contribution is 2.28. The monoisotopic (exact) mass is 509 g/mol. The van der Waals surface area contributed by atoms with Gasteiger partial charge in [-0.15, -0.1) is 0 Å². The molecule has 0 saturated carbocycles. The molecule has 36 heavy (non-hydrogen) atoms. The number of nitrogens with one attached hydrogen (secondary N) is 2. The zero-order valence-electron chi connectivity index (χ0n) is 20.1. The van der Waals surface area contributed by atoms with E-state index in [4.69, 9.17) is 25.8 Å². The molecule has 0 aliphatic rings. The van der Waals surface area contributed by atoms with Gasteiger partial charge >= 0.3 is 6.09 Å². The first kappa shape index (κ1) is 26.6. The third kappa shape index (κ3) is 8.32. The molecule has 0 aliphatic heterocycles. The molecule has 0 fully saturated rings. The number of nitrogens with zero attached hydrogens (tertiary/aromatic N) is 1. The van der Waals surface area contributed by atoms with Crippen LogP contribution in [0.1, 0.15) is 36.1 Å². The maximum atomic E-state index is 12.5. The van der Waals surface area contributed by atoms with Crippen LogP contribution < -0.4 is 20.2 Å². The van der Waals surface area contributed by atoms with E-state index in [0.29, 0.717) is 28.7 Å². The van der Waals surface area contributed by atoms with E-state index in [1.165, 1.54) is 6.21 Å². The first-order chi connectivity index (χ1) is 17.5. The molecule has 3 aromatic carbocycles. The Morgan fingerprint density at radius 3 is 2.47 bits per heavy atom. The number of hydrogen-bond acceptors (Lipinski definition) is 6. The average Bonchev–Trinajstić information content (AvgIpc) is 2.89. The Labute approximate surface area is 215 Å². The summed E-state index contributed by atoms with van der Waals surface area (Å²) in [6.45, 7) is 2.31. The number of hydrogen-bond donors (Lipinski definition) is 2. The summed E-state index contributed by atoms with van der Waals surface area (Å²) in [6, 6.07) is 21.3. The predicted molar refractivity (Wildman–Crippen MR) is 138 cm³/mol. The van der Waals surface area contributed by atoms with Crippen LogP contribution in [0, 0.1) is 0 Å². The summed E-state index contributed by atoms with van der Waals surface area (Å²) in [5, 5.41) is 7.41. The Morgan fingerprint density at radius 2 is 1.78 bits per heavy atom. The predicted octanol–water partition coefficient (Wildman–Crippen LogP) is 5.26. The number of carbonyl (C=O) groups excluding carboxylic acids is 2. The van der Waals surface area contributed by atoms with Gasteiger partial charge < -0.3 is 19.5 Å². The Balaban J connectivity index is 1.58. The van der Waals surface area contributed by atoms with Gasteiger partial charge in [-0.2, -0.15) is 5.10 Å². The summed E-state index contributed by atoms with van der Waals surface area (Å²) in [4.78, 5) is 24.4. The normalized spacial score (nSPS) is 11.5. The highest BCUT2D eigenvalue weighted by molar-refractivity contribution is 6.30. The van der Waals surface area contributed by atoms with Crippen LogP contribution in [0.3, 0.4) is 0 Å². The van der Waals surface area contributed by atoms with Crippen molar-refractivity contribution in [2.75, 3.05) is 13.7 Å². The van der Waals surface area contributed by atoms with E-state index in [2.05, 4.69) is 15.8 Å². The molecular weight excluding hydrogens is 482 g/mol. The third-order valence-corrected chi connectivity index (χ3v) is 5.31. The number of ether oxygens (including phenoxy) is 3. The zero-order chi connectivity index (χ0) is 25.8. The second-order valence-electron chi connectivity index (χ2n) is 7.65. The van der Waals surface area contributed by atoms with E-state index in [1.807, 2.05) is 42.5 Å². The quantitative estimate of drug-likeness (QED) is 0.271. The van der Waals surface area contributed by atoms with Crippen molar-refractivity contribution in [3.8, 4) is 11.5 Å². The summed E-state index contributed by atoms with van der Waals surface area (Å²) >= 11 is 5.92. The Hall–Kier alpha value is -4.04. The van der Waals surface area contributed by atoms with E-state index in [9.17, 15) is 9.59 Å². The van der Waals surface area contributed by atoms with E-state index in [0.717, 1.165) is 11.1 Å². The molecule has 2 amide bonds. The van der Waals surface area contributed by atoms with Crippen LogP contribution in [0.2, 0.25) is 5.02 Å². The first-order valence-corrected chi connectivity index (χ1v) is 11.7. The lowest BCUT2D eigenvalue weighted by molar-refractivity contribution is -0.121. The molecule has 2 N–H and O–H groups in total. The highest BCUT2D eigenvalue weighted by atomic mass is 35.5. The SMILES string of the molecule is CCOC(=O)N[C@H](CC(=O)N/N=C\c1ccc(OCc2ccc(Cl)cc2)c(OC)c1)c1ccccc1. The lowest BCUT2D eigenvalue weighted by Crippen LogP contribution is -2.33. The minimum atomic E-state index is -0.590. The van der Waals surface area contributed by atoms with Gasteiger partial charge in [0.05, 0.1) is 32.4 Å². The van der Waals surface area contributed by atoms with Gasteiger partial charge in [-0.05, 0) is 53.9 Å². The number of carbonyl (C=O) groups is 2. The summed E-state index contributed by atoms with van der Waals surface area (Å²) in [5.41, 5.74) is 4.95. The van der Waals surface area contributed by atoms with Crippen LogP contribution in [0.5, 0.6) is 11.5 Å². The molecule has 3 aromatic rings. The molecular formula is C27H28ClN3O5. The fraction of sp³-hybridized carbons (Fsp3) is 0.222. The molecule has 8 nitrogen and oxygen atoms in total. The van der Waals surface area contributed by atoms with Gasteiger partial charge in [-0.25, -0.2) is 10.2 Å². The van der Waals surface area contributed by atoms with E-state index in [-0.39, 0.29) is 18.9 Å². The molecule has 3 rings (SSSR count). The Morgan fingerprint density at radius 1 is 1.03 bits per heavy atom. The van der Waals surface area contributed by atoms with E-state index in [1.54, 1.807) is 44.4 Å². The van der Waals surface area contributed by atoms with Gasteiger partial charge in [0.25, 0.3) is 0 Å². The number of hydrazone groups is 1. The van der Waals surface area contributed by atoms with Crippen molar-refractivity contribution >= 4 is 29.8 Å². The Kier molecular flexibility index (Phi) is 10.1. The molecule has 0 unspecified atom stereocenters. The lowest BCUT2D eigenvalue weighted by Gasteiger charge is -2.18. The van der Waals surface area contributed by atoms with Gasteiger partial charge in [0, 0.05) is 5.02 Å². The number of amides is 2. The number of halogens is 1. The number of rotatable bonds is 11. The summed E-state index contributed by atoms with van der Waals surface area (Å²) < 4.78 is 16.2. The van der Waals surface area contributed by atoms with Gasteiger partial charge in [0.2, 0.25) is 5.91 Å². The van der Waals surface area contributed by atoms with Crippen LogP contribution in [0.4, 0.5) is 4.79 Å². The maximum absolute atomic E-state index is 12.5. The second kappa shape index (κ2) is 13.7. The van der Waals surface area contributed by atoms with Crippen LogP contribution in [0.15, 0.2) is 77.9 Å². The Bertz CT molecular complexity index is 1170. The maximum Gasteiger partial charge on any atom is 0.407 e. The van der Waals surface area contributed by atoms with Gasteiger partial charge in [0.1, 0.15) is 6.61 Å². The molecule has 0 radical (unpaired) electrons. The topological polar surface area (TPSA) is 98.2 Å². The lowest BCUT2D eigenvalue weighted by atomic mass is 10.0. The van der Waals surface area contributed by atoms with Crippen molar-refractivity contribution in [1.29, 1.82) is 0 Å². The van der Waals surface area contributed by atoms with Crippen molar-refractivity contribution in [1.82, 2.24) is 10.7 Å². The molecule has 0 aliphatic carbocycles. The smallest absolute Gasteiger partial charge is 0.407 e. The first-order valence-electron chi connectivity index (χ1n) is 11.3. The highest BCUT2D eigenvalue weighted by Gasteiger charge is 2.18. The molecule has 0 spiro atoms. The van der Waals surface area contributed by atoms with Crippen LogP contribution >= 0.6 is 11.6 Å². The largest absolute Gasteiger partial charge is 0.493 e. The molecule has 0 heterocycles. The fourth-order valence-corrected chi connectivity index (χ4v) is 3.41. The van der Waals surface area contributed by atoms with E-state index >= 15 is 0 Å². The third-order valence-electron chi connectivity index (χ3n) is 5.06. The fourth-order valence-electron chi connectivity index (χ4n) is 3.29. The number of benzene rings is 3. The van der Waals surface area contributed by atoms with Crippen molar-refractivity contribution in [3.63, 3.8) is 0 Å². The van der Waals surface area contributed by atoms with Crippen molar-refractivity contribution in [2.45, 2.75) is 26.0 Å². The minimum absolute atomic E-state index is 0.0129. The minimum Gasteiger partial charge on any atom is -0.493 e. The van der Waals surface area contributed by atoms with Crippen LogP contribution in [0.25, 0.3) is 0 Å². The average molecular weight is 510 g/mol. The van der Waals surface area contributed by atoms with Gasteiger partial charge in [0.15, 0.2) is 11.5 Å².